The van der Waals surface area contributed by atoms with E-state index in [4.69, 9.17) is 10.5 Å². The molecular weight excluding hydrogens is 264 g/mol. The molecule has 0 spiro atoms. The van der Waals surface area contributed by atoms with Gasteiger partial charge in [-0.15, -0.1) is 0 Å². The molecule has 0 aromatic carbocycles. The van der Waals surface area contributed by atoms with Gasteiger partial charge in [0, 0.05) is 19.1 Å². The number of ether oxygens (including phenoxy) is 1. The average Bonchev–Trinajstić information content (AvgIpc) is 2.86. The van der Waals surface area contributed by atoms with E-state index in [-0.39, 0.29) is 12.1 Å². The Kier molecular flexibility index (Phi) is 5.18. The van der Waals surface area contributed by atoms with Crippen LogP contribution >= 0.6 is 0 Å². The van der Waals surface area contributed by atoms with E-state index in [1.54, 1.807) is 0 Å². The fourth-order valence-corrected chi connectivity index (χ4v) is 3.65. The smallest absolute Gasteiger partial charge is 0.410 e. The molecule has 0 radical (unpaired) electrons. The highest BCUT2D eigenvalue weighted by molar-refractivity contribution is 5.68. The minimum atomic E-state index is -0.420. The van der Waals surface area contributed by atoms with Crippen LogP contribution in [0.25, 0.3) is 0 Å². The van der Waals surface area contributed by atoms with Gasteiger partial charge in [0.1, 0.15) is 5.60 Å². The van der Waals surface area contributed by atoms with Crippen molar-refractivity contribution >= 4 is 6.09 Å². The summed E-state index contributed by atoms with van der Waals surface area (Å²) < 4.78 is 5.46. The van der Waals surface area contributed by atoms with Crippen molar-refractivity contribution in [1.82, 2.24) is 4.90 Å². The zero-order valence-electron chi connectivity index (χ0n) is 14.1. The summed E-state index contributed by atoms with van der Waals surface area (Å²) >= 11 is 0. The van der Waals surface area contributed by atoms with Crippen LogP contribution in [0.2, 0.25) is 0 Å². The van der Waals surface area contributed by atoms with Crippen LogP contribution in [0.3, 0.4) is 0 Å². The molecule has 2 aliphatic rings. The number of hydrogen-bond acceptors (Lipinski definition) is 3. The molecule has 1 saturated carbocycles. The van der Waals surface area contributed by atoms with Crippen molar-refractivity contribution in [2.75, 3.05) is 13.1 Å². The summed E-state index contributed by atoms with van der Waals surface area (Å²) in [7, 11) is 0. The van der Waals surface area contributed by atoms with Crippen molar-refractivity contribution < 1.29 is 9.53 Å². The van der Waals surface area contributed by atoms with Crippen molar-refractivity contribution in [3.05, 3.63) is 0 Å². The van der Waals surface area contributed by atoms with E-state index in [1.165, 1.54) is 25.7 Å². The molecule has 2 N–H and O–H groups in total. The minimum absolute atomic E-state index is 0.186. The molecule has 122 valence electrons. The minimum Gasteiger partial charge on any atom is -0.444 e. The Morgan fingerprint density at radius 1 is 1.14 bits per heavy atom. The number of likely N-dealkylation sites (tertiary alicyclic amines) is 1. The lowest BCUT2D eigenvalue weighted by atomic mass is 9.76. The van der Waals surface area contributed by atoms with E-state index in [2.05, 4.69) is 6.92 Å². The molecule has 1 saturated heterocycles. The average molecular weight is 296 g/mol. The third-order valence-corrected chi connectivity index (χ3v) is 5.03. The Labute approximate surface area is 129 Å². The number of rotatable bonds is 2. The van der Waals surface area contributed by atoms with E-state index in [9.17, 15) is 4.79 Å². The van der Waals surface area contributed by atoms with Gasteiger partial charge in [-0.05, 0) is 57.8 Å². The lowest BCUT2D eigenvalue weighted by Crippen LogP contribution is -2.42. The van der Waals surface area contributed by atoms with Crippen molar-refractivity contribution in [2.24, 2.45) is 23.5 Å². The zero-order chi connectivity index (χ0) is 15.6. The van der Waals surface area contributed by atoms with Gasteiger partial charge in [-0.2, -0.15) is 0 Å². The summed E-state index contributed by atoms with van der Waals surface area (Å²) in [5.74, 6) is 1.94. The first-order valence-corrected chi connectivity index (χ1v) is 8.50. The van der Waals surface area contributed by atoms with Crippen LogP contribution in [-0.4, -0.2) is 35.7 Å². The van der Waals surface area contributed by atoms with Gasteiger partial charge in [0.15, 0.2) is 0 Å². The second-order valence-electron chi connectivity index (χ2n) is 8.07. The SMILES string of the molecule is CC1CCC(C(N)C2CCN(C(=O)OC(C)(C)C)C2)CC1. The number of nitrogens with zero attached hydrogens (tertiary/aromatic N) is 1. The predicted molar refractivity (Wildman–Crippen MR) is 85.0 cm³/mol. The first-order chi connectivity index (χ1) is 9.76. The highest BCUT2D eigenvalue weighted by atomic mass is 16.6. The van der Waals surface area contributed by atoms with Gasteiger partial charge in [-0.1, -0.05) is 19.8 Å². The van der Waals surface area contributed by atoms with Crippen molar-refractivity contribution in [1.29, 1.82) is 0 Å². The number of hydrogen-bond donors (Lipinski definition) is 1. The first-order valence-electron chi connectivity index (χ1n) is 8.50. The van der Waals surface area contributed by atoms with Crippen molar-refractivity contribution in [3.63, 3.8) is 0 Å². The summed E-state index contributed by atoms with van der Waals surface area (Å²) in [6.07, 6.45) is 5.96. The van der Waals surface area contributed by atoms with Gasteiger partial charge in [-0.3, -0.25) is 0 Å². The van der Waals surface area contributed by atoms with Gasteiger partial charge in [-0.25, -0.2) is 4.79 Å². The molecule has 4 heteroatoms. The molecule has 1 heterocycles. The summed E-state index contributed by atoms with van der Waals surface area (Å²) in [5.41, 5.74) is 6.09. The topological polar surface area (TPSA) is 55.6 Å². The normalized spacial score (nSPS) is 32.0. The van der Waals surface area contributed by atoms with Gasteiger partial charge in [0.2, 0.25) is 0 Å². The molecule has 1 aliphatic carbocycles. The van der Waals surface area contributed by atoms with Crippen LogP contribution in [0.4, 0.5) is 4.79 Å². The highest BCUT2D eigenvalue weighted by Crippen LogP contribution is 2.34. The third kappa shape index (κ3) is 4.60. The van der Waals surface area contributed by atoms with E-state index in [0.717, 1.165) is 25.4 Å². The van der Waals surface area contributed by atoms with E-state index in [1.807, 2.05) is 25.7 Å². The molecule has 2 fully saturated rings. The molecule has 0 aromatic heterocycles. The van der Waals surface area contributed by atoms with Crippen molar-refractivity contribution in [3.8, 4) is 0 Å². The maximum atomic E-state index is 12.1. The predicted octanol–water partition coefficient (Wildman–Crippen LogP) is 3.40. The summed E-state index contributed by atoms with van der Waals surface area (Å²) in [6, 6.07) is 0.241. The Hall–Kier alpha value is -0.770. The summed E-state index contributed by atoms with van der Waals surface area (Å²) in [4.78, 5) is 13.9. The maximum Gasteiger partial charge on any atom is 0.410 e. The second kappa shape index (κ2) is 6.55. The molecule has 21 heavy (non-hydrogen) atoms. The summed E-state index contributed by atoms with van der Waals surface area (Å²) in [6.45, 7) is 9.62. The molecule has 0 bridgehead atoms. The second-order valence-corrected chi connectivity index (χ2v) is 8.07. The number of nitrogens with two attached hydrogens (primary N) is 1. The molecule has 1 aliphatic heterocycles. The van der Waals surface area contributed by atoms with Crippen LogP contribution < -0.4 is 5.73 Å². The first kappa shape index (κ1) is 16.6. The van der Waals surface area contributed by atoms with Crippen LogP contribution in [0.1, 0.15) is 59.8 Å². The standard InChI is InChI=1S/C17H32N2O2/c1-12-5-7-13(8-6-12)15(18)14-9-10-19(11-14)16(20)21-17(2,3)4/h12-15H,5-11,18H2,1-4H3. The Bertz CT molecular complexity index is 356. The molecule has 2 rings (SSSR count). The van der Waals surface area contributed by atoms with Crippen LogP contribution in [0.5, 0.6) is 0 Å². The number of carbonyl (C=O) groups is 1. The Morgan fingerprint density at radius 3 is 2.33 bits per heavy atom. The monoisotopic (exact) mass is 296 g/mol. The fraction of sp³-hybridized carbons (Fsp3) is 0.941. The molecule has 0 aromatic rings. The number of carbonyl (C=O) groups excluding carboxylic acids is 1. The highest BCUT2D eigenvalue weighted by Gasteiger charge is 2.36. The Balaban J connectivity index is 1.83. The molecule has 1 amide bonds. The molecule has 2 unspecified atom stereocenters. The van der Waals surface area contributed by atoms with E-state index in [0.29, 0.717) is 11.8 Å². The molecule has 4 nitrogen and oxygen atoms in total. The lowest BCUT2D eigenvalue weighted by molar-refractivity contribution is 0.0283. The van der Waals surface area contributed by atoms with Crippen LogP contribution in [0, 0.1) is 17.8 Å². The molecule has 2 atom stereocenters. The van der Waals surface area contributed by atoms with Gasteiger partial charge >= 0.3 is 6.09 Å². The van der Waals surface area contributed by atoms with Gasteiger partial charge < -0.3 is 15.4 Å². The maximum absolute atomic E-state index is 12.1. The van der Waals surface area contributed by atoms with Gasteiger partial charge in [0.05, 0.1) is 0 Å². The zero-order valence-corrected chi connectivity index (χ0v) is 14.1. The van der Waals surface area contributed by atoms with E-state index < -0.39 is 5.60 Å². The largest absolute Gasteiger partial charge is 0.444 e. The third-order valence-electron chi connectivity index (χ3n) is 5.03. The summed E-state index contributed by atoms with van der Waals surface area (Å²) in [5, 5.41) is 0. The van der Waals surface area contributed by atoms with Crippen molar-refractivity contribution in [2.45, 2.75) is 71.4 Å². The van der Waals surface area contributed by atoms with Gasteiger partial charge in [0.25, 0.3) is 0 Å². The van der Waals surface area contributed by atoms with Crippen LogP contribution in [-0.2, 0) is 4.74 Å². The number of amides is 1. The fourth-order valence-electron chi connectivity index (χ4n) is 3.65. The Morgan fingerprint density at radius 2 is 1.76 bits per heavy atom. The molecular formula is C17H32N2O2. The quantitative estimate of drug-likeness (QED) is 0.849. The van der Waals surface area contributed by atoms with Crippen LogP contribution in [0.15, 0.2) is 0 Å². The van der Waals surface area contributed by atoms with E-state index >= 15 is 0 Å². The lowest BCUT2D eigenvalue weighted by Gasteiger charge is -2.33.